The first-order valence-corrected chi connectivity index (χ1v) is 5.68. The Hall–Kier alpha value is -0.940. The Kier molecular flexibility index (Phi) is 4.44. The summed E-state index contributed by atoms with van der Waals surface area (Å²) in [4.78, 5) is 0. The zero-order valence-electron chi connectivity index (χ0n) is 9.58. The van der Waals surface area contributed by atoms with Crippen molar-refractivity contribution in [1.29, 1.82) is 0 Å². The lowest BCUT2D eigenvalue weighted by Crippen LogP contribution is -2.18. The van der Waals surface area contributed by atoms with Crippen LogP contribution in [-0.4, -0.2) is 25.4 Å². The molecule has 0 aromatic heterocycles. The molecule has 0 heterocycles. The minimum atomic E-state index is -0.0705. The zero-order chi connectivity index (χ0) is 12.3. The van der Waals surface area contributed by atoms with Crippen molar-refractivity contribution in [2.75, 3.05) is 14.2 Å². The van der Waals surface area contributed by atoms with E-state index in [1.54, 1.807) is 13.2 Å². The molecule has 1 aromatic carbocycles. The second kappa shape index (κ2) is 5.41. The molecule has 3 N–H and O–H groups in total. The Morgan fingerprint density at radius 1 is 1.44 bits per heavy atom. The van der Waals surface area contributed by atoms with Crippen LogP contribution in [0.5, 0.6) is 17.2 Å². The van der Waals surface area contributed by atoms with E-state index in [2.05, 4.69) is 15.9 Å². The van der Waals surface area contributed by atoms with Crippen LogP contribution in [0.2, 0.25) is 0 Å². The maximum Gasteiger partial charge on any atom is 0.167 e. The molecular weight excluding hydrogens is 274 g/mol. The number of phenolic OH excluding ortho intramolecular Hbond substituents is 1. The molecule has 1 unspecified atom stereocenters. The predicted molar refractivity (Wildman–Crippen MR) is 66.3 cm³/mol. The Morgan fingerprint density at radius 3 is 2.50 bits per heavy atom. The molecule has 0 saturated heterocycles. The number of methoxy groups -OCH3 is 2. The van der Waals surface area contributed by atoms with Crippen molar-refractivity contribution >= 4 is 15.9 Å². The van der Waals surface area contributed by atoms with Crippen LogP contribution < -0.4 is 15.2 Å². The normalized spacial score (nSPS) is 12.3. The van der Waals surface area contributed by atoms with Gasteiger partial charge in [0.1, 0.15) is 5.75 Å². The van der Waals surface area contributed by atoms with E-state index in [1.807, 2.05) is 6.92 Å². The standard InChI is InChI=1S/C11H16BrNO3/c1-6(13)4-7-10(14)8(12)5-9(15-2)11(7)16-3/h5-6,14H,4,13H2,1-3H3. The molecule has 0 radical (unpaired) electrons. The van der Waals surface area contributed by atoms with Gasteiger partial charge in [-0.2, -0.15) is 0 Å². The second-order valence-electron chi connectivity index (χ2n) is 3.60. The van der Waals surface area contributed by atoms with E-state index in [4.69, 9.17) is 15.2 Å². The minimum absolute atomic E-state index is 0.0705. The Balaban J connectivity index is 3.34. The fourth-order valence-corrected chi connectivity index (χ4v) is 1.98. The summed E-state index contributed by atoms with van der Waals surface area (Å²) < 4.78 is 11.0. The molecule has 0 aliphatic rings. The number of nitrogens with two attached hydrogens (primary N) is 1. The van der Waals surface area contributed by atoms with Gasteiger partial charge in [-0.05, 0) is 29.3 Å². The van der Waals surface area contributed by atoms with Crippen LogP contribution in [0.1, 0.15) is 12.5 Å². The molecule has 0 spiro atoms. The molecule has 1 rings (SSSR count). The number of halogens is 1. The summed E-state index contributed by atoms with van der Waals surface area (Å²) in [5.74, 6) is 1.25. The highest BCUT2D eigenvalue weighted by atomic mass is 79.9. The van der Waals surface area contributed by atoms with Crippen molar-refractivity contribution in [2.24, 2.45) is 5.73 Å². The summed E-state index contributed by atoms with van der Waals surface area (Å²) in [7, 11) is 3.09. The molecule has 0 aliphatic carbocycles. The van der Waals surface area contributed by atoms with E-state index < -0.39 is 0 Å². The molecule has 1 aromatic rings. The molecule has 0 aliphatic heterocycles. The molecule has 1 atom stereocenters. The second-order valence-corrected chi connectivity index (χ2v) is 4.46. The predicted octanol–water partition coefficient (Wildman–Crippen LogP) is 2.06. The molecular formula is C11H16BrNO3. The number of hydrogen-bond donors (Lipinski definition) is 2. The lowest BCUT2D eigenvalue weighted by atomic mass is 10.0. The first-order valence-electron chi connectivity index (χ1n) is 4.89. The SMILES string of the molecule is COc1cc(Br)c(O)c(CC(C)N)c1OC. The minimum Gasteiger partial charge on any atom is -0.506 e. The van der Waals surface area contributed by atoms with Crippen molar-refractivity contribution in [3.8, 4) is 17.2 Å². The van der Waals surface area contributed by atoms with Gasteiger partial charge >= 0.3 is 0 Å². The first-order chi connectivity index (χ1) is 7.51. The summed E-state index contributed by atoms with van der Waals surface area (Å²) in [6, 6.07) is 1.59. The Bertz CT molecular complexity index is 380. The molecule has 5 heteroatoms. The monoisotopic (exact) mass is 289 g/mol. The average molecular weight is 290 g/mol. The topological polar surface area (TPSA) is 64.7 Å². The molecule has 4 nitrogen and oxygen atoms in total. The molecule has 0 fully saturated rings. The van der Waals surface area contributed by atoms with Gasteiger partial charge in [-0.15, -0.1) is 0 Å². The van der Waals surface area contributed by atoms with Crippen LogP contribution in [0.4, 0.5) is 0 Å². The van der Waals surface area contributed by atoms with Gasteiger partial charge in [0.25, 0.3) is 0 Å². The maximum atomic E-state index is 9.94. The molecule has 0 bridgehead atoms. The average Bonchev–Trinajstić information content (AvgIpc) is 2.23. The summed E-state index contributed by atoms with van der Waals surface area (Å²) in [6.07, 6.45) is 0.519. The highest BCUT2D eigenvalue weighted by molar-refractivity contribution is 9.10. The summed E-state index contributed by atoms with van der Waals surface area (Å²) in [5, 5.41) is 9.94. The largest absolute Gasteiger partial charge is 0.506 e. The van der Waals surface area contributed by atoms with E-state index >= 15 is 0 Å². The highest BCUT2D eigenvalue weighted by Crippen LogP contribution is 2.42. The van der Waals surface area contributed by atoms with E-state index in [1.165, 1.54) is 7.11 Å². The van der Waals surface area contributed by atoms with E-state index in [9.17, 15) is 5.11 Å². The summed E-state index contributed by atoms with van der Waals surface area (Å²) in [6.45, 7) is 1.87. The smallest absolute Gasteiger partial charge is 0.167 e. The molecule has 16 heavy (non-hydrogen) atoms. The zero-order valence-corrected chi connectivity index (χ0v) is 11.2. The van der Waals surface area contributed by atoms with Gasteiger partial charge in [-0.25, -0.2) is 0 Å². The van der Waals surface area contributed by atoms with Gasteiger partial charge in [-0.1, -0.05) is 0 Å². The van der Waals surface area contributed by atoms with Crippen LogP contribution in [0.25, 0.3) is 0 Å². The van der Waals surface area contributed by atoms with Gasteiger partial charge in [0.2, 0.25) is 0 Å². The third-order valence-corrected chi connectivity index (χ3v) is 2.82. The van der Waals surface area contributed by atoms with Crippen LogP contribution in [0.3, 0.4) is 0 Å². The third kappa shape index (κ3) is 2.59. The van der Waals surface area contributed by atoms with Gasteiger partial charge < -0.3 is 20.3 Å². The number of aromatic hydroxyl groups is 1. The van der Waals surface area contributed by atoms with E-state index in [0.29, 0.717) is 28.0 Å². The van der Waals surface area contributed by atoms with Gasteiger partial charge in [-0.3, -0.25) is 0 Å². The van der Waals surface area contributed by atoms with Gasteiger partial charge in [0, 0.05) is 17.7 Å². The van der Waals surface area contributed by atoms with Crippen molar-refractivity contribution in [3.63, 3.8) is 0 Å². The molecule has 0 saturated carbocycles. The van der Waals surface area contributed by atoms with Crippen molar-refractivity contribution in [2.45, 2.75) is 19.4 Å². The van der Waals surface area contributed by atoms with Crippen LogP contribution >= 0.6 is 15.9 Å². The Labute approximate surface area is 103 Å². The molecule has 0 amide bonds. The van der Waals surface area contributed by atoms with Gasteiger partial charge in [0.05, 0.1) is 18.7 Å². The third-order valence-electron chi connectivity index (χ3n) is 2.22. The number of phenols is 1. The quantitative estimate of drug-likeness (QED) is 0.891. The van der Waals surface area contributed by atoms with E-state index in [0.717, 1.165) is 0 Å². The fourth-order valence-electron chi connectivity index (χ4n) is 1.54. The molecule has 90 valence electrons. The lowest BCUT2D eigenvalue weighted by molar-refractivity contribution is 0.345. The van der Waals surface area contributed by atoms with Crippen molar-refractivity contribution < 1.29 is 14.6 Å². The number of benzene rings is 1. The van der Waals surface area contributed by atoms with Gasteiger partial charge in [0.15, 0.2) is 11.5 Å². The lowest BCUT2D eigenvalue weighted by Gasteiger charge is -2.16. The highest BCUT2D eigenvalue weighted by Gasteiger charge is 2.18. The van der Waals surface area contributed by atoms with Crippen molar-refractivity contribution in [1.82, 2.24) is 0 Å². The number of rotatable bonds is 4. The fraction of sp³-hybridized carbons (Fsp3) is 0.455. The number of ether oxygens (including phenoxy) is 2. The summed E-state index contributed by atoms with van der Waals surface area (Å²) >= 11 is 3.26. The van der Waals surface area contributed by atoms with Crippen LogP contribution in [-0.2, 0) is 6.42 Å². The van der Waals surface area contributed by atoms with Crippen LogP contribution in [0, 0.1) is 0 Å². The maximum absolute atomic E-state index is 9.94. The number of hydrogen-bond acceptors (Lipinski definition) is 4. The first kappa shape index (κ1) is 13.1. The van der Waals surface area contributed by atoms with Crippen molar-refractivity contribution in [3.05, 3.63) is 16.1 Å². The van der Waals surface area contributed by atoms with E-state index in [-0.39, 0.29) is 11.8 Å². The van der Waals surface area contributed by atoms with Crippen LogP contribution in [0.15, 0.2) is 10.5 Å². The Morgan fingerprint density at radius 2 is 2.06 bits per heavy atom. The summed E-state index contributed by atoms with van der Waals surface area (Å²) in [5.41, 5.74) is 6.39.